The Morgan fingerprint density at radius 1 is 1.00 bits per heavy atom. The summed E-state index contributed by atoms with van der Waals surface area (Å²) in [5, 5.41) is 6.33. The van der Waals surface area contributed by atoms with Crippen LogP contribution < -0.4 is 0 Å². The predicted molar refractivity (Wildman–Crippen MR) is 75.7 cm³/mol. The van der Waals surface area contributed by atoms with Gasteiger partial charge in [-0.3, -0.25) is 0 Å². The number of ether oxygens (including phenoxy) is 2. The van der Waals surface area contributed by atoms with Crippen molar-refractivity contribution in [1.82, 2.24) is 0 Å². The molecule has 0 aromatic rings. The zero-order chi connectivity index (χ0) is 15.4. The van der Waals surface area contributed by atoms with Gasteiger partial charge < -0.3 is 9.47 Å². The quantitative estimate of drug-likeness (QED) is 0.612. The third-order valence-electron chi connectivity index (χ3n) is 2.74. The molecule has 1 unspecified atom stereocenters. The minimum absolute atomic E-state index is 0.213. The van der Waals surface area contributed by atoms with Crippen molar-refractivity contribution in [2.45, 2.75) is 53.4 Å². The maximum absolute atomic E-state index is 11.3. The van der Waals surface area contributed by atoms with E-state index >= 15 is 0 Å². The van der Waals surface area contributed by atoms with Crippen molar-refractivity contribution in [3.63, 3.8) is 0 Å². The molecular formula is C14H26N2O4. The Morgan fingerprint density at radius 3 is 2.00 bits per heavy atom. The normalized spacial score (nSPS) is 12.7. The van der Waals surface area contributed by atoms with Gasteiger partial charge in [-0.2, -0.15) is 0 Å². The highest BCUT2D eigenvalue weighted by molar-refractivity contribution is 5.73. The van der Waals surface area contributed by atoms with Crippen molar-refractivity contribution in [1.29, 1.82) is 0 Å². The second kappa shape index (κ2) is 11.4. The lowest BCUT2D eigenvalue weighted by Gasteiger charge is -2.12. The van der Waals surface area contributed by atoms with E-state index in [2.05, 4.69) is 24.1 Å². The summed E-state index contributed by atoms with van der Waals surface area (Å²) in [7, 11) is 0. The van der Waals surface area contributed by atoms with Crippen LogP contribution in [0.4, 0.5) is 9.59 Å². The van der Waals surface area contributed by atoms with E-state index in [-0.39, 0.29) is 12.5 Å². The molecule has 0 saturated heterocycles. The monoisotopic (exact) mass is 286 g/mol. The van der Waals surface area contributed by atoms with Crippen LogP contribution in [0.15, 0.2) is 10.2 Å². The molecule has 1 atom stereocenters. The molecule has 0 aliphatic rings. The van der Waals surface area contributed by atoms with Crippen LogP contribution >= 0.6 is 0 Å². The zero-order valence-electron chi connectivity index (χ0n) is 12.9. The van der Waals surface area contributed by atoms with Gasteiger partial charge in [-0.1, -0.05) is 57.2 Å². The van der Waals surface area contributed by atoms with Gasteiger partial charge in [-0.15, -0.1) is 0 Å². The van der Waals surface area contributed by atoms with Crippen LogP contribution in [-0.4, -0.2) is 25.4 Å². The number of hydrogen-bond acceptors (Lipinski definition) is 4. The third kappa shape index (κ3) is 10.5. The summed E-state index contributed by atoms with van der Waals surface area (Å²) in [6.07, 6.45) is 2.48. The Bertz CT molecular complexity index is 316. The molecule has 0 aliphatic carbocycles. The number of azo groups is 1. The molecule has 0 aromatic heterocycles. The lowest BCUT2D eigenvalue weighted by atomic mass is 10.0. The minimum Gasteiger partial charge on any atom is -0.447 e. The molecule has 0 fully saturated rings. The molecule has 0 saturated carbocycles. The molecule has 0 rings (SSSR count). The molecule has 0 heterocycles. The summed E-state index contributed by atoms with van der Waals surface area (Å²) in [4.78, 5) is 22.4. The van der Waals surface area contributed by atoms with Crippen LogP contribution in [0, 0.1) is 11.8 Å². The molecule has 0 spiro atoms. The second-order valence-corrected chi connectivity index (χ2v) is 5.16. The van der Waals surface area contributed by atoms with Gasteiger partial charge in [0.2, 0.25) is 0 Å². The predicted octanol–water partition coefficient (Wildman–Crippen LogP) is 4.58. The molecule has 20 heavy (non-hydrogen) atoms. The van der Waals surface area contributed by atoms with E-state index in [1.807, 2.05) is 13.8 Å². The van der Waals surface area contributed by atoms with Crippen molar-refractivity contribution >= 4 is 12.2 Å². The first-order valence-corrected chi connectivity index (χ1v) is 7.24. The maximum Gasteiger partial charge on any atom is 0.452 e. The molecule has 0 aromatic carbocycles. The SMILES string of the molecule is CCCCC(CC)COC(=O)/N=N/C(=O)OCC(C)C. The Hall–Kier alpha value is -1.46. The molecule has 116 valence electrons. The van der Waals surface area contributed by atoms with Gasteiger partial charge in [-0.25, -0.2) is 9.59 Å². The number of hydrogen-bond donors (Lipinski definition) is 0. The molecule has 0 aliphatic heterocycles. The molecular weight excluding hydrogens is 260 g/mol. The van der Waals surface area contributed by atoms with Crippen molar-refractivity contribution in [3.05, 3.63) is 0 Å². The van der Waals surface area contributed by atoms with E-state index in [1.54, 1.807) is 0 Å². The largest absolute Gasteiger partial charge is 0.452 e. The molecule has 2 amide bonds. The highest BCUT2D eigenvalue weighted by Crippen LogP contribution is 2.13. The average Bonchev–Trinajstić information content (AvgIpc) is 2.43. The van der Waals surface area contributed by atoms with Crippen LogP contribution in [0.3, 0.4) is 0 Å². The second-order valence-electron chi connectivity index (χ2n) is 5.16. The molecule has 0 bridgehead atoms. The summed E-state index contributed by atoms with van der Waals surface area (Å²) in [5.74, 6) is 0.548. The van der Waals surface area contributed by atoms with E-state index < -0.39 is 12.2 Å². The van der Waals surface area contributed by atoms with Crippen LogP contribution in [0.5, 0.6) is 0 Å². The van der Waals surface area contributed by atoms with E-state index in [0.29, 0.717) is 12.5 Å². The van der Waals surface area contributed by atoms with E-state index in [0.717, 1.165) is 25.7 Å². The fourth-order valence-electron chi connectivity index (χ4n) is 1.46. The summed E-state index contributed by atoms with van der Waals surface area (Å²) in [5.41, 5.74) is 0. The van der Waals surface area contributed by atoms with Gasteiger partial charge in [0.1, 0.15) is 0 Å². The average molecular weight is 286 g/mol. The van der Waals surface area contributed by atoms with Crippen LogP contribution in [0.1, 0.15) is 53.4 Å². The Morgan fingerprint density at radius 2 is 1.55 bits per heavy atom. The highest BCUT2D eigenvalue weighted by Gasteiger charge is 2.10. The van der Waals surface area contributed by atoms with Crippen molar-refractivity contribution in [2.75, 3.05) is 13.2 Å². The topological polar surface area (TPSA) is 77.3 Å². The van der Waals surface area contributed by atoms with E-state index in [9.17, 15) is 9.59 Å². The summed E-state index contributed by atoms with van der Waals surface area (Å²) < 4.78 is 9.71. The Labute approximate surface area is 120 Å². The first-order chi connectivity index (χ1) is 9.49. The lowest BCUT2D eigenvalue weighted by molar-refractivity contribution is 0.126. The van der Waals surface area contributed by atoms with E-state index in [1.165, 1.54) is 0 Å². The van der Waals surface area contributed by atoms with Crippen molar-refractivity contribution in [3.8, 4) is 0 Å². The number of rotatable bonds is 8. The summed E-state index contributed by atoms with van der Waals surface area (Å²) >= 11 is 0. The van der Waals surface area contributed by atoms with Gasteiger partial charge in [0.25, 0.3) is 0 Å². The zero-order valence-corrected chi connectivity index (χ0v) is 12.9. The number of carbonyl (C=O) groups is 2. The van der Waals surface area contributed by atoms with Crippen LogP contribution in [0.2, 0.25) is 0 Å². The number of nitrogens with zero attached hydrogens (tertiary/aromatic N) is 2. The summed E-state index contributed by atoms with van der Waals surface area (Å²) in [6, 6.07) is 0. The van der Waals surface area contributed by atoms with Gasteiger partial charge in [0.05, 0.1) is 13.2 Å². The van der Waals surface area contributed by atoms with Crippen LogP contribution in [0.25, 0.3) is 0 Å². The van der Waals surface area contributed by atoms with Crippen molar-refractivity contribution in [2.24, 2.45) is 22.1 Å². The van der Waals surface area contributed by atoms with Gasteiger partial charge >= 0.3 is 12.2 Å². The standard InChI is InChI=1S/C14H26N2O4/c1-5-7-8-12(6-2)10-20-14(18)16-15-13(17)19-9-11(3)4/h11-12H,5-10H2,1-4H3/b16-15+. The first-order valence-electron chi connectivity index (χ1n) is 7.24. The maximum atomic E-state index is 11.3. The van der Waals surface area contributed by atoms with Crippen LogP contribution in [-0.2, 0) is 9.47 Å². The number of unbranched alkanes of at least 4 members (excludes halogenated alkanes) is 1. The van der Waals surface area contributed by atoms with Crippen molar-refractivity contribution < 1.29 is 19.1 Å². The highest BCUT2D eigenvalue weighted by atomic mass is 16.6. The number of carbonyl (C=O) groups excluding carboxylic acids is 2. The Balaban J connectivity index is 3.93. The molecule has 6 heteroatoms. The number of amides is 2. The van der Waals surface area contributed by atoms with E-state index in [4.69, 9.17) is 9.47 Å². The smallest absolute Gasteiger partial charge is 0.447 e. The van der Waals surface area contributed by atoms with Gasteiger partial charge in [-0.05, 0) is 18.3 Å². The van der Waals surface area contributed by atoms with Gasteiger partial charge in [0, 0.05) is 0 Å². The third-order valence-corrected chi connectivity index (χ3v) is 2.74. The Kier molecular flexibility index (Phi) is 10.5. The minimum atomic E-state index is -0.867. The molecule has 0 radical (unpaired) electrons. The molecule has 6 nitrogen and oxygen atoms in total. The van der Waals surface area contributed by atoms with Gasteiger partial charge in [0.15, 0.2) is 0 Å². The summed E-state index contributed by atoms with van der Waals surface area (Å²) in [6.45, 7) is 8.55. The first kappa shape index (κ1) is 18.5. The fraction of sp³-hybridized carbons (Fsp3) is 0.857. The molecule has 0 N–H and O–H groups in total. The lowest BCUT2D eigenvalue weighted by Crippen LogP contribution is -2.12. The fourth-order valence-corrected chi connectivity index (χ4v) is 1.46.